The quantitative estimate of drug-likeness (QED) is 0.520. The van der Waals surface area contributed by atoms with Crippen molar-refractivity contribution < 1.29 is 13.9 Å². The number of para-hydroxylation sites is 1. The maximum absolute atomic E-state index is 13.4. The van der Waals surface area contributed by atoms with Gasteiger partial charge in [0, 0.05) is 17.5 Å². The van der Waals surface area contributed by atoms with E-state index in [2.05, 4.69) is 12.6 Å². The third-order valence-electron chi connectivity index (χ3n) is 5.41. The summed E-state index contributed by atoms with van der Waals surface area (Å²) in [5.41, 5.74) is 3.96. The zero-order valence-corrected chi connectivity index (χ0v) is 16.4. The Hall–Kier alpha value is -3.60. The van der Waals surface area contributed by atoms with Crippen LogP contribution in [0.2, 0.25) is 0 Å². The fraction of sp³-hybridized carbons (Fsp3) is 0.160. The van der Waals surface area contributed by atoms with Crippen molar-refractivity contribution in [1.82, 2.24) is 5.01 Å². The molecule has 0 saturated heterocycles. The summed E-state index contributed by atoms with van der Waals surface area (Å²) in [7, 11) is 0. The van der Waals surface area contributed by atoms with Crippen molar-refractivity contribution >= 4 is 5.71 Å². The van der Waals surface area contributed by atoms with Crippen LogP contribution >= 0.6 is 0 Å². The van der Waals surface area contributed by atoms with E-state index in [1.54, 1.807) is 18.2 Å². The van der Waals surface area contributed by atoms with Gasteiger partial charge in [-0.2, -0.15) is 5.10 Å². The number of hydrazone groups is 1. The summed E-state index contributed by atoms with van der Waals surface area (Å²) in [4.78, 5) is 0. The lowest BCUT2D eigenvalue weighted by molar-refractivity contribution is -0.0190. The van der Waals surface area contributed by atoms with Gasteiger partial charge < -0.3 is 9.47 Å². The Bertz CT molecular complexity index is 1090. The van der Waals surface area contributed by atoms with Crippen LogP contribution in [0.25, 0.3) is 0 Å². The largest absolute Gasteiger partial charge is 0.490 e. The van der Waals surface area contributed by atoms with E-state index in [9.17, 15) is 4.39 Å². The molecule has 4 nitrogen and oxygen atoms in total. The van der Waals surface area contributed by atoms with Crippen molar-refractivity contribution in [3.05, 3.63) is 108 Å². The van der Waals surface area contributed by atoms with E-state index in [4.69, 9.17) is 14.6 Å². The predicted molar refractivity (Wildman–Crippen MR) is 114 cm³/mol. The second-order valence-electron chi connectivity index (χ2n) is 7.33. The van der Waals surface area contributed by atoms with Crippen molar-refractivity contribution in [2.75, 3.05) is 6.61 Å². The van der Waals surface area contributed by atoms with Gasteiger partial charge in [0.1, 0.15) is 23.9 Å². The monoisotopic (exact) mass is 400 g/mol. The molecule has 2 aliphatic rings. The number of hydrogen-bond acceptors (Lipinski definition) is 4. The number of rotatable bonds is 5. The molecule has 2 heterocycles. The first-order valence-corrected chi connectivity index (χ1v) is 9.94. The SMILES string of the molecule is C=CCOc1ccc([C@@H]2Oc3ccccc3[C@H]3CC(c4ccc(F)cc4)=NN32)cc1. The molecule has 2 atom stereocenters. The zero-order valence-electron chi connectivity index (χ0n) is 16.4. The molecule has 0 unspecified atom stereocenters. The van der Waals surface area contributed by atoms with Crippen LogP contribution in [0.1, 0.15) is 35.4 Å². The Morgan fingerprint density at radius 1 is 1.07 bits per heavy atom. The van der Waals surface area contributed by atoms with E-state index in [0.717, 1.165) is 40.3 Å². The number of benzene rings is 3. The van der Waals surface area contributed by atoms with Crippen molar-refractivity contribution in [3.8, 4) is 11.5 Å². The standard InChI is InChI=1S/C25H21FN2O2/c1-2-15-29-20-13-9-18(10-14-20)25-28-23(21-5-3-4-6-24(21)30-25)16-22(27-28)17-7-11-19(26)12-8-17/h2-14,23,25H,1,15-16H2/t23-,25+/m1/s1. The smallest absolute Gasteiger partial charge is 0.213 e. The molecule has 0 N–H and O–H groups in total. The van der Waals surface area contributed by atoms with Gasteiger partial charge in [0.05, 0.1) is 11.8 Å². The minimum Gasteiger partial charge on any atom is -0.490 e. The fourth-order valence-electron chi connectivity index (χ4n) is 3.95. The Kier molecular flexibility index (Phi) is 4.71. The van der Waals surface area contributed by atoms with E-state index >= 15 is 0 Å². The molecule has 5 rings (SSSR count). The molecule has 0 aliphatic carbocycles. The second kappa shape index (κ2) is 7.67. The Balaban J connectivity index is 1.51. The van der Waals surface area contributed by atoms with Crippen molar-refractivity contribution in [3.63, 3.8) is 0 Å². The van der Waals surface area contributed by atoms with Crippen LogP contribution < -0.4 is 9.47 Å². The molecule has 30 heavy (non-hydrogen) atoms. The van der Waals surface area contributed by atoms with Gasteiger partial charge in [0.15, 0.2) is 0 Å². The third kappa shape index (κ3) is 3.32. The summed E-state index contributed by atoms with van der Waals surface area (Å²) >= 11 is 0. The van der Waals surface area contributed by atoms with E-state index < -0.39 is 0 Å². The molecule has 0 amide bonds. The van der Waals surface area contributed by atoms with Crippen LogP contribution in [0.15, 0.2) is 90.6 Å². The Labute approximate surface area is 174 Å². The average molecular weight is 400 g/mol. The van der Waals surface area contributed by atoms with E-state index in [1.807, 2.05) is 47.5 Å². The molecule has 5 heteroatoms. The first-order chi connectivity index (χ1) is 14.7. The maximum Gasteiger partial charge on any atom is 0.213 e. The lowest BCUT2D eigenvalue weighted by Gasteiger charge is -2.38. The molecule has 0 bridgehead atoms. The molecule has 150 valence electrons. The zero-order chi connectivity index (χ0) is 20.5. The van der Waals surface area contributed by atoms with Crippen LogP contribution in [-0.2, 0) is 0 Å². The van der Waals surface area contributed by atoms with Crippen LogP contribution in [0.5, 0.6) is 11.5 Å². The van der Waals surface area contributed by atoms with Crippen LogP contribution in [0.3, 0.4) is 0 Å². The molecule has 3 aromatic rings. The maximum atomic E-state index is 13.4. The van der Waals surface area contributed by atoms with Gasteiger partial charge in [-0.1, -0.05) is 43.0 Å². The van der Waals surface area contributed by atoms with Gasteiger partial charge in [-0.05, 0) is 48.0 Å². The first kappa shape index (κ1) is 18.4. The lowest BCUT2D eigenvalue weighted by atomic mass is 9.96. The summed E-state index contributed by atoms with van der Waals surface area (Å²) in [6.07, 6.45) is 2.11. The minimum absolute atomic E-state index is 0.0664. The van der Waals surface area contributed by atoms with E-state index in [1.165, 1.54) is 12.1 Å². The minimum atomic E-state index is -0.351. The van der Waals surface area contributed by atoms with Crippen molar-refractivity contribution in [2.45, 2.75) is 18.7 Å². The normalized spacial score (nSPS) is 19.4. The molecular formula is C25H21FN2O2. The number of nitrogens with zero attached hydrogens (tertiary/aromatic N) is 2. The highest BCUT2D eigenvalue weighted by Gasteiger charge is 2.40. The highest BCUT2D eigenvalue weighted by Crippen LogP contribution is 2.47. The number of halogens is 1. The van der Waals surface area contributed by atoms with Crippen molar-refractivity contribution in [1.29, 1.82) is 0 Å². The molecular weight excluding hydrogens is 379 g/mol. The fourth-order valence-corrected chi connectivity index (χ4v) is 3.95. The summed E-state index contributed by atoms with van der Waals surface area (Å²) in [6.45, 7) is 4.14. The predicted octanol–water partition coefficient (Wildman–Crippen LogP) is 5.63. The van der Waals surface area contributed by atoms with Gasteiger partial charge in [0.2, 0.25) is 6.23 Å². The van der Waals surface area contributed by atoms with Crippen LogP contribution in [0, 0.1) is 5.82 Å². The van der Waals surface area contributed by atoms with Gasteiger partial charge in [-0.25, -0.2) is 9.40 Å². The van der Waals surface area contributed by atoms with Gasteiger partial charge in [-0.15, -0.1) is 0 Å². The topological polar surface area (TPSA) is 34.1 Å². The van der Waals surface area contributed by atoms with Crippen LogP contribution in [0.4, 0.5) is 4.39 Å². The van der Waals surface area contributed by atoms with E-state index in [-0.39, 0.29) is 18.1 Å². The Morgan fingerprint density at radius 2 is 1.83 bits per heavy atom. The average Bonchev–Trinajstić information content (AvgIpc) is 3.24. The highest BCUT2D eigenvalue weighted by molar-refractivity contribution is 6.01. The molecule has 3 aromatic carbocycles. The first-order valence-electron chi connectivity index (χ1n) is 9.94. The summed E-state index contributed by atoms with van der Waals surface area (Å²) < 4.78 is 25.3. The van der Waals surface area contributed by atoms with Crippen molar-refractivity contribution in [2.24, 2.45) is 5.10 Å². The van der Waals surface area contributed by atoms with Crippen LogP contribution in [-0.4, -0.2) is 17.3 Å². The molecule has 0 radical (unpaired) electrons. The summed E-state index contributed by atoms with van der Waals surface area (Å²) in [6, 6.07) is 22.5. The number of hydrogen-bond donors (Lipinski definition) is 0. The molecule has 0 fully saturated rings. The summed E-state index contributed by atoms with van der Waals surface area (Å²) in [5.74, 6) is 1.40. The second-order valence-corrected chi connectivity index (χ2v) is 7.33. The lowest BCUT2D eigenvalue weighted by Crippen LogP contribution is -2.33. The van der Waals surface area contributed by atoms with Gasteiger partial charge >= 0.3 is 0 Å². The van der Waals surface area contributed by atoms with Gasteiger partial charge in [-0.3, -0.25) is 0 Å². The molecule has 0 saturated carbocycles. The number of ether oxygens (including phenoxy) is 2. The molecule has 2 aliphatic heterocycles. The van der Waals surface area contributed by atoms with E-state index in [0.29, 0.717) is 6.61 Å². The summed E-state index contributed by atoms with van der Waals surface area (Å²) in [5, 5.41) is 6.91. The highest BCUT2D eigenvalue weighted by atomic mass is 19.1. The Morgan fingerprint density at radius 3 is 2.60 bits per heavy atom. The molecule has 0 spiro atoms. The van der Waals surface area contributed by atoms with Gasteiger partial charge in [0.25, 0.3) is 0 Å². The molecule has 0 aromatic heterocycles. The number of fused-ring (bicyclic) bond motifs is 3. The third-order valence-corrected chi connectivity index (χ3v) is 5.41.